The Morgan fingerprint density at radius 1 is 1.13 bits per heavy atom. The van der Waals surface area contributed by atoms with E-state index in [1.165, 1.54) is 5.56 Å². The second kappa shape index (κ2) is 9.17. The molecule has 0 aliphatic carbocycles. The summed E-state index contributed by atoms with van der Waals surface area (Å²) in [7, 11) is 1.94. The number of benzene rings is 2. The number of rotatable bonds is 7. The van der Waals surface area contributed by atoms with Gasteiger partial charge in [-0.25, -0.2) is 0 Å². The van der Waals surface area contributed by atoms with E-state index in [1.807, 2.05) is 48.3 Å². The predicted octanol–water partition coefficient (Wildman–Crippen LogP) is 5.49. The van der Waals surface area contributed by atoms with Gasteiger partial charge in [0.15, 0.2) is 0 Å². The molecule has 2 nitrogen and oxygen atoms in total. The maximum absolute atomic E-state index is 9.61. The van der Waals surface area contributed by atoms with E-state index in [0.29, 0.717) is 5.70 Å². The van der Waals surface area contributed by atoms with E-state index in [-0.39, 0.29) is 5.92 Å². The van der Waals surface area contributed by atoms with E-state index < -0.39 is 0 Å². The lowest BCUT2D eigenvalue weighted by molar-refractivity contribution is 0.720. The average molecular weight is 369 g/mol. The number of hydrogen-bond donors (Lipinski definition) is 0. The molecule has 2 aromatic rings. The smallest absolute Gasteiger partial charge is 0.117 e. The summed E-state index contributed by atoms with van der Waals surface area (Å²) in [6, 6.07) is 22.7. The van der Waals surface area contributed by atoms with Crippen molar-refractivity contribution in [1.82, 2.24) is 0 Å². The van der Waals surface area contributed by atoms with Gasteiger partial charge in [0, 0.05) is 24.0 Å². The van der Waals surface area contributed by atoms with Gasteiger partial charge in [-0.3, -0.25) is 0 Å². The first kappa shape index (κ1) is 17.3. The second-order valence-electron chi connectivity index (χ2n) is 5.41. The van der Waals surface area contributed by atoms with Gasteiger partial charge in [0.2, 0.25) is 0 Å². The van der Waals surface area contributed by atoms with E-state index >= 15 is 0 Å². The number of nitrogens with zero attached hydrogens (tertiary/aromatic N) is 2. The van der Waals surface area contributed by atoms with Crippen LogP contribution < -0.4 is 4.90 Å². The van der Waals surface area contributed by atoms with E-state index in [0.717, 1.165) is 23.9 Å². The summed E-state index contributed by atoms with van der Waals surface area (Å²) in [6.07, 6.45) is 4.18. The summed E-state index contributed by atoms with van der Waals surface area (Å²) in [5.74, 6) is 0.245. The van der Waals surface area contributed by atoms with E-state index in [4.69, 9.17) is 0 Å². The quantitative estimate of drug-likeness (QED) is 0.477. The van der Waals surface area contributed by atoms with Crippen molar-refractivity contribution >= 4 is 21.6 Å². The number of hydrogen-bond acceptors (Lipinski definition) is 2. The van der Waals surface area contributed by atoms with Crippen LogP contribution in [-0.2, 0) is 0 Å². The highest BCUT2D eigenvalue weighted by Crippen LogP contribution is 2.26. The zero-order valence-corrected chi connectivity index (χ0v) is 14.9. The van der Waals surface area contributed by atoms with Gasteiger partial charge in [-0.15, -0.1) is 0 Å². The molecule has 0 aliphatic heterocycles. The molecule has 0 aromatic heterocycles. The summed E-state index contributed by atoms with van der Waals surface area (Å²) in [6.45, 7) is 0. The topological polar surface area (TPSA) is 27.0 Å². The maximum Gasteiger partial charge on any atom is 0.117 e. The van der Waals surface area contributed by atoms with Crippen molar-refractivity contribution in [1.29, 1.82) is 5.26 Å². The van der Waals surface area contributed by atoms with Gasteiger partial charge >= 0.3 is 0 Å². The SMILES string of the molecule is CN(/C(C#N)=C/C(CCCBr)c1ccccc1)c1ccccc1. The minimum atomic E-state index is 0.245. The van der Waals surface area contributed by atoms with Crippen molar-refractivity contribution in [3.63, 3.8) is 0 Å². The van der Waals surface area contributed by atoms with Crippen LogP contribution in [0.3, 0.4) is 0 Å². The standard InChI is InChI=1S/C20H21BrN2/c1-23(19-12-6-3-7-13-19)20(16-22)15-18(11-8-14-21)17-9-4-2-5-10-17/h2-7,9-10,12-13,15,18H,8,11,14H2,1H3/b20-15+. The monoisotopic (exact) mass is 368 g/mol. The Morgan fingerprint density at radius 3 is 2.30 bits per heavy atom. The Hall–Kier alpha value is -2.05. The molecule has 0 spiro atoms. The highest BCUT2D eigenvalue weighted by molar-refractivity contribution is 9.09. The normalized spacial score (nSPS) is 12.5. The number of halogens is 1. The van der Waals surface area contributed by atoms with Crippen molar-refractivity contribution in [3.8, 4) is 6.07 Å². The lowest BCUT2D eigenvalue weighted by Gasteiger charge is -2.21. The molecule has 0 saturated heterocycles. The van der Waals surface area contributed by atoms with Crippen LogP contribution in [0.2, 0.25) is 0 Å². The van der Waals surface area contributed by atoms with Crippen molar-refractivity contribution in [3.05, 3.63) is 78.0 Å². The number of alkyl halides is 1. The van der Waals surface area contributed by atoms with Gasteiger partial charge in [-0.05, 0) is 36.6 Å². The van der Waals surface area contributed by atoms with Gasteiger partial charge in [-0.1, -0.05) is 64.5 Å². The fraction of sp³-hybridized carbons (Fsp3) is 0.250. The molecule has 0 amide bonds. The van der Waals surface area contributed by atoms with Crippen molar-refractivity contribution in [2.75, 3.05) is 17.3 Å². The molecule has 0 fully saturated rings. The van der Waals surface area contributed by atoms with Crippen molar-refractivity contribution in [2.24, 2.45) is 0 Å². The molecule has 2 rings (SSSR count). The molecule has 0 heterocycles. The number of allylic oxidation sites excluding steroid dienone is 2. The largest absolute Gasteiger partial charge is 0.336 e. The molecule has 0 aliphatic rings. The molecule has 0 radical (unpaired) electrons. The zero-order chi connectivity index (χ0) is 16.5. The Morgan fingerprint density at radius 2 is 1.74 bits per heavy atom. The molecule has 0 N–H and O–H groups in total. The van der Waals surface area contributed by atoms with Crippen LogP contribution >= 0.6 is 15.9 Å². The third kappa shape index (κ3) is 4.97. The first-order valence-electron chi connectivity index (χ1n) is 7.78. The maximum atomic E-state index is 9.61. The van der Waals surface area contributed by atoms with Crippen LogP contribution in [0.4, 0.5) is 5.69 Å². The molecule has 1 unspecified atom stereocenters. The van der Waals surface area contributed by atoms with Crippen LogP contribution in [0.5, 0.6) is 0 Å². The highest BCUT2D eigenvalue weighted by Gasteiger charge is 2.13. The number of anilines is 1. The molecule has 0 bridgehead atoms. The van der Waals surface area contributed by atoms with Gasteiger partial charge < -0.3 is 4.90 Å². The minimum absolute atomic E-state index is 0.245. The number of nitriles is 1. The number of para-hydroxylation sites is 1. The predicted molar refractivity (Wildman–Crippen MR) is 101 cm³/mol. The van der Waals surface area contributed by atoms with E-state index in [2.05, 4.69) is 52.3 Å². The summed E-state index contributed by atoms with van der Waals surface area (Å²) < 4.78 is 0. The molecule has 118 valence electrons. The van der Waals surface area contributed by atoms with E-state index in [1.54, 1.807) is 0 Å². The fourth-order valence-corrected chi connectivity index (χ4v) is 2.87. The Labute approximate surface area is 147 Å². The van der Waals surface area contributed by atoms with Crippen LogP contribution in [0.1, 0.15) is 24.3 Å². The van der Waals surface area contributed by atoms with Crippen LogP contribution in [0.25, 0.3) is 0 Å². The Bertz CT molecular complexity index is 659. The highest BCUT2D eigenvalue weighted by atomic mass is 79.9. The molecular formula is C20H21BrN2. The first-order chi connectivity index (χ1) is 11.3. The first-order valence-corrected chi connectivity index (χ1v) is 8.90. The molecule has 0 saturated carbocycles. The van der Waals surface area contributed by atoms with Gasteiger partial charge in [0.1, 0.15) is 11.8 Å². The van der Waals surface area contributed by atoms with Gasteiger partial charge in [-0.2, -0.15) is 5.26 Å². The molecule has 23 heavy (non-hydrogen) atoms. The van der Waals surface area contributed by atoms with E-state index in [9.17, 15) is 5.26 Å². The second-order valence-corrected chi connectivity index (χ2v) is 6.20. The minimum Gasteiger partial charge on any atom is -0.336 e. The molecular weight excluding hydrogens is 348 g/mol. The summed E-state index contributed by atoms with van der Waals surface area (Å²) >= 11 is 3.50. The summed E-state index contributed by atoms with van der Waals surface area (Å²) in [5, 5.41) is 10.6. The lowest BCUT2D eigenvalue weighted by atomic mass is 9.93. The van der Waals surface area contributed by atoms with Gasteiger partial charge in [0.05, 0.1) is 0 Å². The summed E-state index contributed by atoms with van der Waals surface area (Å²) in [5.41, 5.74) is 2.95. The van der Waals surface area contributed by atoms with Crippen molar-refractivity contribution in [2.45, 2.75) is 18.8 Å². The Kier molecular flexibility index (Phi) is 6.90. The lowest BCUT2D eigenvalue weighted by Crippen LogP contribution is -2.16. The molecule has 2 aromatic carbocycles. The zero-order valence-electron chi connectivity index (χ0n) is 13.3. The third-order valence-electron chi connectivity index (χ3n) is 3.85. The molecule has 1 atom stereocenters. The van der Waals surface area contributed by atoms with Gasteiger partial charge in [0.25, 0.3) is 0 Å². The Balaban J connectivity index is 2.29. The summed E-state index contributed by atoms with van der Waals surface area (Å²) in [4.78, 5) is 1.95. The average Bonchev–Trinajstić information content (AvgIpc) is 2.63. The third-order valence-corrected chi connectivity index (χ3v) is 4.42. The van der Waals surface area contributed by atoms with Crippen LogP contribution in [0, 0.1) is 11.3 Å². The van der Waals surface area contributed by atoms with Crippen LogP contribution in [0.15, 0.2) is 72.4 Å². The molecule has 3 heteroatoms. The fourth-order valence-electron chi connectivity index (χ4n) is 2.55. The van der Waals surface area contributed by atoms with Crippen LogP contribution in [-0.4, -0.2) is 12.4 Å². The van der Waals surface area contributed by atoms with Crippen molar-refractivity contribution < 1.29 is 0 Å².